The fourth-order valence-corrected chi connectivity index (χ4v) is 2.85. The van der Waals surface area contributed by atoms with Gasteiger partial charge in [0.1, 0.15) is 0 Å². The van der Waals surface area contributed by atoms with Gasteiger partial charge in [0.15, 0.2) is 0 Å². The van der Waals surface area contributed by atoms with Gasteiger partial charge >= 0.3 is 0 Å². The number of nitrogens with one attached hydrogen (secondary N) is 1. The average Bonchev–Trinajstić information content (AvgIpc) is 2.98. The lowest BCUT2D eigenvalue weighted by Gasteiger charge is -2.21. The van der Waals surface area contributed by atoms with Gasteiger partial charge in [0.25, 0.3) is 0 Å². The molecule has 0 aliphatic carbocycles. The number of hydrogen-bond acceptors (Lipinski definition) is 3. The van der Waals surface area contributed by atoms with Crippen LogP contribution in [0.1, 0.15) is 37.9 Å². The summed E-state index contributed by atoms with van der Waals surface area (Å²) in [6, 6.07) is 0.262. The highest BCUT2D eigenvalue weighted by atomic mass is 35.5. The highest BCUT2D eigenvalue weighted by molar-refractivity contribution is 6.31. The van der Waals surface area contributed by atoms with Crippen LogP contribution in [-0.2, 0) is 11.3 Å². The molecule has 1 aromatic heterocycles. The van der Waals surface area contributed by atoms with Crippen molar-refractivity contribution in [2.45, 2.75) is 38.8 Å². The molecule has 0 bridgehead atoms. The fraction of sp³-hybridized carbons (Fsp3) is 0.769. The van der Waals surface area contributed by atoms with Crippen LogP contribution in [-0.4, -0.2) is 30.0 Å². The monoisotopic (exact) mass is 271 g/mol. The molecule has 102 valence electrons. The first-order valence-corrected chi connectivity index (χ1v) is 7.10. The van der Waals surface area contributed by atoms with Crippen molar-refractivity contribution < 1.29 is 4.74 Å². The number of aromatic nitrogens is 2. The smallest absolute Gasteiger partial charge is 0.0834 e. The number of hydrogen-bond donors (Lipinski definition) is 1. The van der Waals surface area contributed by atoms with E-state index in [-0.39, 0.29) is 6.04 Å². The van der Waals surface area contributed by atoms with Crippen LogP contribution in [0, 0.1) is 5.92 Å². The normalized spacial score (nSPS) is 21.4. The summed E-state index contributed by atoms with van der Waals surface area (Å²) in [6.07, 6.45) is 5.03. The third-order valence-corrected chi connectivity index (χ3v) is 3.83. The third kappa shape index (κ3) is 3.05. The number of rotatable bonds is 6. The zero-order valence-corrected chi connectivity index (χ0v) is 11.9. The number of halogens is 1. The molecule has 2 unspecified atom stereocenters. The van der Waals surface area contributed by atoms with Crippen LogP contribution in [0.15, 0.2) is 6.20 Å². The molecule has 0 aromatic carbocycles. The Hall–Kier alpha value is -0.580. The molecule has 1 aliphatic heterocycles. The number of nitrogens with zero attached hydrogens (tertiary/aromatic N) is 2. The van der Waals surface area contributed by atoms with E-state index in [1.165, 1.54) is 0 Å². The van der Waals surface area contributed by atoms with Gasteiger partial charge < -0.3 is 10.1 Å². The summed E-state index contributed by atoms with van der Waals surface area (Å²) in [5.74, 6) is 0.628. The van der Waals surface area contributed by atoms with Gasteiger partial charge in [-0.25, -0.2) is 0 Å². The van der Waals surface area contributed by atoms with Crippen molar-refractivity contribution in [2.24, 2.45) is 5.92 Å². The van der Waals surface area contributed by atoms with Gasteiger partial charge in [0.05, 0.1) is 23.0 Å². The van der Waals surface area contributed by atoms with Gasteiger partial charge in [-0.3, -0.25) is 4.68 Å². The number of aryl methyl sites for hydroxylation is 1. The summed E-state index contributed by atoms with van der Waals surface area (Å²) in [7, 11) is 1.99. The summed E-state index contributed by atoms with van der Waals surface area (Å²) >= 11 is 6.29. The van der Waals surface area contributed by atoms with E-state index in [0.29, 0.717) is 5.92 Å². The molecule has 1 N–H and O–H groups in total. The van der Waals surface area contributed by atoms with Gasteiger partial charge in [-0.1, -0.05) is 18.5 Å². The van der Waals surface area contributed by atoms with E-state index in [1.807, 2.05) is 11.7 Å². The predicted molar refractivity (Wildman–Crippen MR) is 72.9 cm³/mol. The molecule has 1 aliphatic rings. The van der Waals surface area contributed by atoms with Crippen LogP contribution in [0.5, 0.6) is 0 Å². The molecule has 0 saturated carbocycles. The Morgan fingerprint density at radius 1 is 1.67 bits per heavy atom. The van der Waals surface area contributed by atoms with Crippen molar-refractivity contribution in [3.63, 3.8) is 0 Å². The van der Waals surface area contributed by atoms with Crippen molar-refractivity contribution in [3.8, 4) is 0 Å². The van der Waals surface area contributed by atoms with Crippen molar-refractivity contribution in [1.29, 1.82) is 0 Å². The second kappa shape index (κ2) is 6.55. The lowest BCUT2D eigenvalue weighted by molar-refractivity contribution is 0.181. The van der Waals surface area contributed by atoms with Crippen molar-refractivity contribution >= 4 is 11.6 Å². The highest BCUT2D eigenvalue weighted by Crippen LogP contribution is 2.30. The molecule has 2 heterocycles. The minimum absolute atomic E-state index is 0.262. The quantitative estimate of drug-likeness (QED) is 0.865. The van der Waals surface area contributed by atoms with E-state index in [4.69, 9.17) is 16.3 Å². The Labute approximate surface area is 114 Å². The van der Waals surface area contributed by atoms with E-state index >= 15 is 0 Å². The summed E-state index contributed by atoms with van der Waals surface area (Å²) in [6.45, 7) is 4.83. The zero-order valence-electron chi connectivity index (χ0n) is 11.2. The Balaban J connectivity index is 2.12. The van der Waals surface area contributed by atoms with Gasteiger partial charge in [0.2, 0.25) is 0 Å². The first kappa shape index (κ1) is 13.8. The molecule has 2 atom stereocenters. The van der Waals surface area contributed by atoms with E-state index in [1.54, 1.807) is 6.20 Å². The topological polar surface area (TPSA) is 39.1 Å². The van der Waals surface area contributed by atoms with Crippen molar-refractivity contribution in [2.75, 3.05) is 20.3 Å². The Kier molecular flexibility index (Phi) is 5.03. The molecule has 4 nitrogen and oxygen atoms in total. The molecule has 1 fully saturated rings. The summed E-state index contributed by atoms with van der Waals surface area (Å²) < 4.78 is 7.47. The van der Waals surface area contributed by atoms with E-state index in [0.717, 1.165) is 49.7 Å². The Morgan fingerprint density at radius 2 is 2.50 bits per heavy atom. The molecular formula is C13H22ClN3O. The maximum atomic E-state index is 6.29. The van der Waals surface area contributed by atoms with Crippen LogP contribution < -0.4 is 5.32 Å². The van der Waals surface area contributed by atoms with E-state index < -0.39 is 0 Å². The van der Waals surface area contributed by atoms with E-state index in [2.05, 4.69) is 17.3 Å². The van der Waals surface area contributed by atoms with Gasteiger partial charge in [0, 0.05) is 19.8 Å². The molecule has 0 amide bonds. The minimum atomic E-state index is 0.262. The maximum Gasteiger partial charge on any atom is 0.0834 e. The molecular weight excluding hydrogens is 250 g/mol. The molecule has 1 aromatic rings. The largest absolute Gasteiger partial charge is 0.381 e. The molecule has 0 spiro atoms. The second-order valence-corrected chi connectivity index (χ2v) is 5.31. The Morgan fingerprint density at radius 3 is 3.11 bits per heavy atom. The van der Waals surface area contributed by atoms with Crippen molar-refractivity contribution in [3.05, 3.63) is 16.9 Å². The van der Waals surface area contributed by atoms with Gasteiger partial charge in [-0.15, -0.1) is 0 Å². The zero-order chi connectivity index (χ0) is 13.0. The molecule has 0 radical (unpaired) electrons. The minimum Gasteiger partial charge on any atom is -0.381 e. The summed E-state index contributed by atoms with van der Waals surface area (Å²) in [5.41, 5.74) is 1.12. The van der Waals surface area contributed by atoms with Gasteiger partial charge in [-0.2, -0.15) is 5.10 Å². The molecule has 5 heteroatoms. The highest BCUT2D eigenvalue weighted by Gasteiger charge is 2.25. The molecule has 1 saturated heterocycles. The van der Waals surface area contributed by atoms with E-state index in [9.17, 15) is 0 Å². The molecule has 2 rings (SSSR count). The number of ether oxygens (including phenoxy) is 1. The lowest BCUT2D eigenvalue weighted by Crippen LogP contribution is -2.23. The van der Waals surface area contributed by atoms with Crippen LogP contribution in [0.4, 0.5) is 0 Å². The first-order valence-electron chi connectivity index (χ1n) is 6.72. The standard InChI is InChI=1S/C13H22ClN3O/c1-3-5-17-13(11(14)8-16-17)12(15-2)7-10-4-6-18-9-10/h8,10,12,15H,3-7,9H2,1-2H3. The third-order valence-electron chi connectivity index (χ3n) is 3.54. The Bertz CT molecular complexity index is 374. The first-order chi connectivity index (χ1) is 8.76. The second-order valence-electron chi connectivity index (χ2n) is 4.91. The van der Waals surface area contributed by atoms with Crippen LogP contribution in [0.3, 0.4) is 0 Å². The van der Waals surface area contributed by atoms with Crippen LogP contribution in [0.2, 0.25) is 5.02 Å². The van der Waals surface area contributed by atoms with Crippen LogP contribution in [0.25, 0.3) is 0 Å². The summed E-state index contributed by atoms with van der Waals surface area (Å²) in [5, 5.41) is 8.50. The van der Waals surface area contributed by atoms with Gasteiger partial charge in [-0.05, 0) is 32.2 Å². The van der Waals surface area contributed by atoms with Crippen LogP contribution >= 0.6 is 11.6 Å². The van der Waals surface area contributed by atoms with Crippen molar-refractivity contribution in [1.82, 2.24) is 15.1 Å². The average molecular weight is 272 g/mol. The SMILES string of the molecule is CCCn1ncc(Cl)c1C(CC1CCOC1)NC. The molecule has 18 heavy (non-hydrogen) atoms. The fourth-order valence-electron chi connectivity index (χ4n) is 2.58. The predicted octanol–water partition coefficient (Wildman–Crippen LogP) is 2.63. The lowest BCUT2D eigenvalue weighted by atomic mass is 9.97. The maximum absolute atomic E-state index is 6.29. The summed E-state index contributed by atoms with van der Waals surface area (Å²) in [4.78, 5) is 0.